The van der Waals surface area contributed by atoms with Crippen molar-refractivity contribution in [2.45, 2.75) is 0 Å². The molecule has 4 heterocycles. The fourth-order valence-electron chi connectivity index (χ4n) is 5.36. The molecule has 0 unspecified atom stereocenters. The minimum Gasteiger partial charge on any atom is -0.456 e. The summed E-state index contributed by atoms with van der Waals surface area (Å²) in [4.78, 5) is 14.0. The van der Waals surface area contributed by atoms with Gasteiger partial charge >= 0.3 is 0 Å². The van der Waals surface area contributed by atoms with Crippen molar-refractivity contribution in [2.24, 2.45) is 0 Å². The molecule has 0 N–H and O–H groups in total. The predicted molar refractivity (Wildman–Crippen MR) is 150 cm³/mol. The van der Waals surface area contributed by atoms with E-state index < -0.39 is 0 Å². The summed E-state index contributed by atoms with van der Waals surface area (Å²) < 4.78 is 6.28. The van der Waals surface area contributed by atoms with Crippen LogP contribution >= 0.6 is 0 Å². The molecule has 0 bridgehead atoms. The topological polar surface area (TPSA) is 51.8 Å². The maximum absolute atomic E-state index is 6.28. The van der Waals surface area contributed by atoms with Crippen LogP contribution in [0.5, 0.6) is 0 Å². The molecule has 8 aromatic rings. The molecule has 8 rings (SSSR count). The standard InChI is InChI=1S/C33H19N3O/c1-4-26(23-9-6-20-14-16-34-19-25(20)17-23)31-27-18-24(11-13-29(27)37-30(31)5-1)28-12-10-22-8-7-21-3-2-15-35-32(21)33(22)36-28/h1-19H. The van der Waals surface area contributed by atoms with E-state index in [1.165, 1.54) is 5.39 Å². The van der Waals surface area contributed by atoms with Gasteiger partial charge in [0, 0.05) is 51.1 Å². The van der Waals surface area contributed by atoms with Gasteiger partial charge < -0.3 is 4.42 Å². The van der Waals surface area contributed by atoms with E-state index >= 15 is 0 Å². The van der Waals surface area contributed by atoms with E-state index in [0.717, 1.165) is 71.5 Å². The van der Waals surface area contributed by atoms with E-state index in [9.17, 15) is 0 Å². The van der Waals surface area contributed by atoms with Crippen molar-refractivity contribution in [1.29, 1.82) is 0 Å². The normalized spacial score (nSPS) is 11.8. The fourth-order valence-corrected chi connectivity index (χ4v) is 5.36. The summed E-state index contributed by atoms with van der Waals surface area (Å²) in [7, 11) is 0. The molecule has 0 amide bonds. The van der Waals surface area contributed by atoms with E-state index in [4.69, 9.17) is 9.40 Å². The van der Waals surface area contributed by atoms with Crippen LogP contribution in [0.1, 0.15) is 0 Å². The van der Waals surface area contributed by atoms with Crippen LogP contribution < -0.4 is 0 Å². The summed E-state index contributed by atoms with van der Waals surface area (Å²) in [6.07, 6.45) is 5.56. The van der Waals surface area contributed by atoms with Crippen molar-refractivity contribution in [2.75, 3.05) is 0 Å². The van der Waals surface area contributed by atoms with E-state index in [0.29, 0.717) is 0 Å². The molecular weight excluding hydrogens is 454 g/mol. The van der Waals surface area contributed by atoms with Gasteiger partial charge in [0.15, 0.2) is 0 Å². The van der Waals surface area contributed by atoms with Gasteiger partial charge in [-0.15, -0.1) is 0 Å². The Morgan fingerprint density at radius 2 is 1.43 bits per heavy atom. The second kappa shape index (κ2) is 7.70. The molecule has 0 fully saturated rings. The lowest BCUT2D eigenvalue weighted by Crippen LogP contribution is -1.88. The number of aromatic nitrogens is 3. The van der Waals surface area contributed by atoms with Crippen LogP contribution in [0.3, 0.4) is 0 Å². The second-order valence-electron chi connectivity index (χ2n) is 9.34. The highest BCUT2D eigenvalue weighted by molar-refractivity contribution is 6.14. The Labute approximate surface area is 211 Å². The second-order valence-corrected chi connectivity index (χ2v) is 9.34. The highest BCUT2D eigenvalue weighted by Crippen LogP contribution is 2.39. The summed E-state index contributed by atoms with van der Waals surface area (Å²) in [5, 5.41) is 6.65. The van der Waals surface area contributed by atoms with Crippen molar-refractivity contribution >= 4 is 54.5 Å². The number of hydrogen-bond donors (Lipinski definition) is 0. The zero-order chi connectivity index (χ0) is 24.3. The maximum Gasteiger partial charge on any atom is 0.136 e. The number of furan rings is 1. The van der Waals surface area contributed by atoms with Crippen LogP contribution in [0.15, 0.2) is 120 Å². The first-order valence-corrected chi connectivity index (χ1v) is 12.3. The molecule has 4 aromatic heterocycles. The van der Waals surface area contributed by atoms with E-state index in [2.05, 4.69) is 82.8 Å². The molecule has 0 saturated heterocycles. The third-order valence-electron chi connectivity index (χ3n) is 7.17. The molecule has 4 heteroatoms. The number of pyridine rings is 3. The Hall–Kier alpha value is -5.09. The smallest absolute Gasteiger partial charge is 0.136 e. The van der Waals surface area contributed by atoms with Gasteiger partial charge in [0.05, 0.1) is 16.7 Å². The lowest BCUT2D eigenvalue weighted by atomic mass is 9.97. The van der Waals surface area contributed by atoms with Crippen LogP contribution in [-0.2, 0) is 0 Å². The van der Waals surface area contributed by atoms with Crippen molar-refractivity contribution in [3.8, 4) is 22.4 Å². The van der Waals surface area contributed by atoms with Gasteiger partial charge in [0.1, 0.15) is 11.2 Å². The summed E-state index contributed by atoms with van der Waals surface area (Å²) >= 11 is 0. The first-order valence-electron chi connectivity index (χ1n) is 12.3. The van der Waals surface area contributed by atoms with E-state index in [1.807, 2.05) is 42.9 Å². The van der Waals surface area contributed by atoms with Gasteiger partial charge in [-0.1, -0.05) is 48.5 Å². The maximum atomic E-state index is 6.28. The SMILES string of the molecule is c1cnc2c(c1)ccc1ccc(-c3ccc4oc5cccc(-c6ccc7ccncc7c6)c5c4c3)nc12. The highest BCUT2D eigenvalue weighted by atomic mass is 16.3. The molecular formula is C33H19N3O. The van der Waals surface area contributed by atoms with Gasteiger partial charge in [0.2, 0.25) is 0 Å². The third kappa shape index (κ3) is 3.13. The number of benzene rings is 4. The van der Waals surface area contributed by atoms with Crippen molar-refractivity contribution in [3.63, 3.8) is 0 Å². The van der Waals surface area contributed by atoms with Gasteiger partial charge in [-0.25, -0.2) is 4.98 Å². The first kappa shape index (κ1) is 20.1. The molecule has 4 nitrogen and oxygen atoms in total. The van der Waals surface area contributed by atoms with Crippen molar-refractivity contribution in [1.82, 2.24) is 15.0 Å². The molecule has 0 saturated carbocycles. The van der Waals surface area contributed by atoms with Crippen molar-refractivity contribution in [3.05, 3.63) is 116 Å². The number of nitrogens with zero attached hydrogens (tertiary/aromatic N) is 3. The quantitative estimate of drug-likeness (QED) is 0.236. The molecule has 0 radical (unpaired) electrons. The third-order valence-corrected chi connectivity index (χ3v) is 7.17. The lowest BCUT2D eigenvalue weighted by molar-refractivity contribution is 0.669. The minimum atomic E-state index is 0.863. The first-order chi connectivity index (χ1) is 18.3. The largest absolute Gasteiger partial charge is 0.456 e. The molecule has 4 aromatic carbocycles. The Morgan fingerprint density at radius 1 is 0.568 bits per heavy atom. The molecule has 172 valence electrons. The monoisotopic (exact) mass is 473 g/mol. The molecule has 0 aliphatic heterocycles. The molecule has 0 aliphatic rings. The molecule has 0 spiro atoms. The number of hydrogen-bond acceptors (Lipinski definition) is 4. The highest BCUT2D eigenvalue weighted by Gasteiger charge is 2.15. The van der Waals surface area contributed by atoms with Gasteiger partial charge in [-0.05, 0) is 65.0 Å². The molecule has 0 atom stereocenters. The average Bonchev–Trinajstić information content (AvgIpc) is 3.35. The Bertz CT molecular complexity index is 2160. The average molecular weight is 474 g/mol. The van der Waals surface area contributed by atoms with Crippen molar-refractivity contribution < 1.29 is 4.42 Å². The summed E-state index contributed by atoms with van der Waals surface area (Å²) in [5.41, 5.74) is 7.81. The number of fused-ring (bicyclic) bond motifs is 7. The minimum absolute atomic E-state index is 0.863. The van der Waals surface area contributed by atoms with E-state index in [1.54, 1.807) is 0 Å². The van der Waals surface area contributed by atoms with Crippen LogP contribution in [0, 0.1) is 0 Å². The molecule has 37 heavy (non-hydrogen) atoms. The summed E-state index contributed by atoms with van der Waals surface area (Å²) in [6.45, 7) is 0. The summed E-state index contributed by atoms with van der Waals surface area (Å²) in [6, 6.07) is 33.6. The Morgan fingerprint density at radius 3 is 2.41 bits per heavy atom. The zero-order valence-electron chi connectivity index (χ0n) is 19.7. The lowest BCUT2D eigenvalue weighted by Gasteiger charge is -2.07. The van der Waals surface area contributed by atoms with Crippen LogP contribution in [0.25, 0.3) is 76.9 Å². The van der Waals surface area contributed by atoms with Crippen LogP contribution in [-0.4, -0.2) is 15.0 Å². The predicted octanol–water partition coefficient (Wildman–Crippen LogP) is 8.56. The number of rotatable bonds is 2. The zero-order valence-corrected chi connectivity index (χ0v) is 19.7. The summed E-state index contributed by atoms with van der Waals surface area (Å²) in [5.74, 6) is 0. The Balaban J connectivity index is 1.35. The van der Waals surface area contributed by atoms with Crippen LogP contribution in [0.2, 0.25) is 0 Å². The van der Waals surface area contributed by atoms with Gasteiger partial charge in [-0.2, -0.15) is 0 Å². The van der Waals surface area contributed by atoms with E-state index in [-0.39, 0.29) is 0 Å². The fraction of sp³-hybridized carbons (Fsp3) is 0. The van der Waals surface area contributed by atoms with Gasteiger partial charge in [0.25, 0.3) is 0 Å². The Kier molecular flexibility index (Phi) is 4.19. The van der Waals surface area contributed by atoms with Crippen LogP contribution in [0.4, 0.5) is 0 Å². The van der Waals surface area contributed by atoms with Gasteiger partial charge in [-0.3, -0.25) is 9.97 Å². The molecule has 0 aliphatic carbocycles.